The Balaban J connectivity index is 1.34. The third-order valence-electron chi connectivity index (χ3n) is 8.18. The van der Waals surface area contributed by atoms with Crippen molar-refractivity contribution in [3.8, 4) is 0 Å². The van der Waals surface area contributed by atoms with Gasteiger partial charge in [-0.3, -0.25) is 4.79 Å². The molecule has 196 valence electrons. The van der Waals surface area contributed by atoms with Gasteiger partial charge < -0.3 is 14.7 Å². The predicted molar refractivity (Wildman–Crippen MR) is 145 cm³/mol. The molecule has 2 fully saturated rings. The van der Waals surface area contributed by atoms with Crippen LogP contribution in [0, 0.1) is 18.7 Å². The van der Waals surface area contributed by atoms with Crippen LogP contribution in [0.1, 0.15) is 56.6 Å². The Labute approximate surface area is 219 Å². The van der Waals surface area contributed by atoms with Crippen molar-refractivity contribution in [2.45, 2.75) is 58.4 Å². The number of hydrogen-bond donors (Lipinski definition) is 0. The number of piperazine rings is 1. The number of benzene rings is 1. The van der Waals surface area contributed by atoms with Crippen LogP contribution in [-0.2, 0) is 4.79 Å². The van der Waals surface area contributed by atoms with Crippen LogP contribution >= 0.6 is 0 Å². The number of aromatic nitrogens is 2. The van der Waals surface area contributed by atoms with Gasteiger partial charge >= 0.3 is 0 Å². The van der Waals surface area contributed by atoms with Crippen LogP contribution in [0.15, 0.2) is 54.4 Å². The van der Waals surface area contributed by atoms with E-state index in [1.54, 1.807) is 12.3 Å². The fourth-order valence-corrected chi connectivity index (χ4v) is 5.90. The van der Waals surface area contributed by atoms with Crippen molar-refractivity contribution < 1.29 is 9.18 Å². The summed E-state index contributed by atoms with van der Waals surface area (Å²) in [6.07, 6.45) is 13.2. The van der Waals surface area contributed by atoms with Crippen LogP contribution in [0.3, 0.4) is 0 Å². The van der Waals surface area contributed by atoms with E-state index in [4.69, 9.17) is 0 Å². The molecule has 6 nitrogen and oxygen atoms in total. The zero-order chi connectivity index (χ0) is 25.8. The van der Waals surface area contributed by atoms with E-state index < -0.39 is 0 Å². The van der Waals surface area contributed by atoms with E-state index in [0.29, 0.717) is 31.1 Å². The van der Waals surface area contributed by atoms with E-state index in [9.17, 15) is 9.18 Å². The summed E-state index contributed by atoms with van der Waals surface area (Å²) >= 11 is 0. The highest BCUT2D eigenvalue weighted by Crippen LogP contribution is 2.37. The number of halogens is 1. The number of allylic oxidation sites excluding steroid dienone is 3. The molecule has 5 rings (SSSR count). The van der Waals surface area contributed by atoms with Crippen molar-refractivity contribution in [1.29, 1.82) is 0 Å². The number of aryl methyl sites for hydroxylation is 1. The molecule has 7 heteroatoms. The van der Waals surface area contributed by atoms with Gasteiger partial charge in [-0.1, -0.05) is 31.4 Å². The fourth-order valence-electron chi connectivity index (χ4n) is 5.90. The highest BCUT2D eigenvalue weighted by molar-refractivity contribution is 5.80. The SMILES string of the molecule is Cc1cc(C2=CCC(C)N(CC(=O)N3CCN(c4cccnn4)CC3)C(C3CCCCC3)=C2)ccc1F. The molecule has 0 bridgehead atoms. The molecule has 1 aromatic carbocycles. The molecule has 1 atom stereocenters. The van der Waals surface area contributed by atoms with E-state index in [1.165, 1.54) is 25.0 Å². The first-order valence-corrected chi connectivity index (χ1v) is 13.7. The van der Waals surface area contributed by atoms with Gasteiger partial charge in [-0.15, -0.1) is 5.10 Å². The highest BCUT2D eigenvalue weighted by Gasteiger charge is 2.31. The molecule has 1 aliphatic carbocycles. The number of carbonyl (C=O) groups excluding carboxylic acids is 1. The first-order chi connectivity index (χ1) is 18.0. The standard InChI is InChI=1S/C30H38FN5O/c1-22-19-25(12-13-27(22)31)26-11-10-23(2)36(28(20-26)24-7-4-3-5-8-24)21-30(37)35-17-15-34(16-18-35)29-9-6-14-32-33-29/h6,9,11-14,19-20,23-24H,3-5,7-8,10,15-18,21H2,1-2H3. The largest absolute Gasteiger partial charge is 0.362 e. The fraction of sp³-hybridized carbons (Fsp3) is 0.500. The van der Waals surface area contributed by atoms with Gasteiger partial charge in [0, 0.05) is 44.1 Å². The summed E-state index contributed by atoms with van der Waals surface area (Å²) in [5.74, 6) is 1.34. The Morgan fingerprint density at radius 3 is 2.57 bits per heavy atom. The zero-order valence-electron chi connectivity index (χ0n) is 22.1. The topological polar surface area (TPSA) is 52.6 Å². The molecule has 1 unspecified atom stereocenters. The minimum Gasteiger partial charge on any atom is -0.362 e. The minimum absolute atomic E-state index is 0.172. The van der Waals surface area contributed by atoms with Gasteiger partial charge in [-0.25, -0.2) is 4.39 Å². The van der Waals surface area contributed by atoms with Crippen LogP contribution in [-0.4, -0.2) is 64.7 Å². The molecule has 0 radical (unpaired) electrons. The smallest absolute Gasteiger partial charge is 0.242 e. The number of anilines is 1. The van der Waals surface area contributed by atoms with Crippen LogP contribution in [0.4, 0.5) is 10.2 Å². The Bertz CT molecular complexity index is 1150. The normalized spacial score (nSPS) is 21.4. The molecule has 1 aromatic heterocycles. The number of amides is 1. The van der Waals surface area contributed by atoms with Crippen LogP contribution in [0.5, 0.6) is 0 Å². The van der Waals surface area contributed by atoms with Gasteiger partial charge in [0.05, 0.1) is 6.54 Å². The Hall–Kier alpha value is -3.22. The van der Waals surface area contributed by atoms with Crippen molar-refractivity contribution in [3.05, 3.63) is 71.3 Å². The van der Waals surface area contributed by atoms with Gasteiger partial charge in [0.1, 0.15) is 5.82 Å². The van der Waals surface area contributed by atoms with Gasteiger partial charge in [0.25, 0.3) is 0 Å². The number of hydrogen-bond acceptors (Lipinski definition) is 5. The van der Waals surface area contributed by atoms with Crippen LogP contribution in [0.25, 0.3) is 5.57 Å². The molecular weight excluding hydrogens is 465 g/mol. The summed E-state index contributed by atoms with van der Waals surface area (Å²) in [7, 11) is 0. The lowest BCUT2D eigenvalue weighted by atomic mass is 9.85. The molecule has 1 saturated carbocycles. The molecule has 0 spiro atoms. The van der Waals surface area contributed by atoms with Crippen molar-refractivity contribution in [1.82, 2.24) is 20.0 Å². The van der Waals surface area contributed by atoms with Gasteiger partial charge in [0.2, 0.25) is 5.91 Å². The predicted octanol–water partition coefficient (Wildman–Crippen LogP) is 5.21. The maximum absolute atomic E-state index is 14.0. The van der Waals surface area contributed by atoms with Gasteiger partial charge in [0.15, 0.2) is 5.82 Å². The summed E-state index contributed by atoms with van der Waals surface area (Å²) in [4.78, 5) is 20.1. The van der Waals surface area contributed by atoms with Gasteiger partial charge in [-0.2, -0.15) is 5.10 Å². The number of rotatable bonds is 5. The van der Waals surface area contributed by atoms with Crippen molar-refractivity contribution in [2.75, 3.05) is 37.6 Å². The van der Waals surface area contributed by atoms with Crippen molar-refractivity contribution in [3.63, 3.8) is 0 Å². The monoisotopic (exact) mass is 503 g/mol. The molecule has 37 heavy (non-hydrogen) atoms. The van der Waals surface area contributed by atoms with Crippen molar-refractivity contribution >= 4 is 17.3 Å². The molecule has 3 aliphatic rings. The lowest BCUT2D eigenvalue weighted by molar-refractivity contribution is -0.132. The first kappa shape index (κ1) is 25.4. The Kier molecular flexibility index (Phi) is 7.87. The van der Waals surface area contributed by atoms with Gasteiger partial charge in [-0.05, 0) is 86.1 Å². The summed E-state index contributed by atoms with van der Waals surface area (Å²) in [5, 5.41) is 8.21. The summed E-state index contributed by atoms with van der Waals surface area (Å²) in [6.45, 7) is 7.36. The Morgan fingerprint density at radius 1 is 1.08 bits per heavy atom. The van der Waals surface area contributed by atoms with Crippen molar-refractivity contribution in [2.24, 2.45) is 5.92 Å². The maximum Gasteiger partial charge on any atom is 0.242 e. The quantitative estimate of drug-likeness (QED) is 0.560. The van der Waals surface area contributed by atoms with E-state index in [2.05, 4.69) is 39.1 Å². The third kappa shape index (κ3) is 5.86. The average Bonchev–Trinajstić information content (AvgIpc) is 3.10. The van der Waals surface area contributed by atoms with E-state index in [1.807, 2.05) is 36.1 Å². The molecule has 3 heterocycles. The maximum atomic E-state index is 14.0. The molecule has 0 N–H and O–H groups in total. The highest BCUT2D eigenvalue weighted by atomic mass is 19.1. The lowest BCUT2D eigenvalue weighted by Gasteiger charge is -2.40. The Morgan fingerprint density at radius 2 is 1.86 bits per heavy atom. The second-order valence-electron chi connectivity index (χ2n) is 10.7. The molecule has 2 aliphatic heterocycles. The third-order valence-corrected chi connectivity index (χ3v) is 8.18. The van der Waals surface area contributed by atoms with E-state index in [0.717, 1.165) is 49.3 Å². The second kappa shape index (κ2) is 11.4. The van der Waals surface area contributed by atoms with E-state index in [-0.39, 0.29) is 17.8 Å². The zero-order valence-corrected chi connectivity index (χ0v) is 22.1. The summed E-state index contributed by atoms with van der Waals surface area (Å²) in [6, 6.07) is 9.48. The summed E-state index contributed by atoms with van der Waals surface area (Å²) in [5.41, 5.74) is 4.14. The lowest BCUT2D eigenvalue weighted by Crippen LogP contribution is -2.52. The summed E-state index contributed by atoms with van der Waals surface area (Å²) < 4.78 is 14.0. The molecule has 2 aromatic rings. The van der Waals surface area contributed by atoms with E-state index >= 15 is 0 Å². The number of carbonyl (C=O) groups is 1. The second-order valence-corrected chi connectivity index (χ2v) is 10.7. The average molecular weight is 504 g/mol. The van der Waals surface area contributed by atoms with Crippen LogP contribution < -0.4 is 4.90 Å². The first-order valence-electron chi connectivity index (χ1n) is 13.7. The molecule has 1 saturated heterocycles. The molecular formula is C30H38FN5O. The van der Waals surface area contributed by atoms with Crippen LogP contribution in [0.2, 0.25) is 0 Å². The minimum atomic E-state index is -0.172. The number of nitrogens with zero attached hydrogens (tertiary/aromatic N) is 5. The molecule has 1 amide bonds.